The highest BCUT2D eigenvalue weighted by Crippen LogP contribution is 2.32. The Balaban J connectivity index is 2.35. The summed E-state index contributed by atoms with van der Waals surface area (Å²) in [6.45, 7) is 0.896. The first-order valence-electron chi connectivity index (χ1n) is 4.89. The standard InChI is InChI=1S/C10H12N2O3/c13-10-4-3-7(12(14)15)6-8(10)9-2-1-5-11-9/h3-4,6,9,11,13H,1-2,5H2/t9-/m1/s1. The van der Waals surface area contributed by atoms with E-state index in [1.54, 1.807) is 0 Å². The molecule has 0 unspecified atom stereocenters. The first-order chi connectivity index (χ1) is 7.18. The quantitative estimate of drug-likeness (QED) is 0.573. The van der Waals surface area contributed by atoms with E-state index in [1.807, 2.05) is 0 Å². The van der Waals surface area contributed by atoms with Gasteiger partial charge >= 0.3 is 0 Å². The molecule has 5 heteroatoms. The molecule has 15 heavy (non-hydrogen) atoms. The van der Waals surface area contributed by atoms with Gasteiger partial charge < -0.3 is 10.4 Å². The minimum Gasteiger partial charge on any atom is -0.508 e. The van der Waals surface area contributed by atoms with Crippen LogP contribution >= 0.6 is 0 Å². The van der Waals surface area contributed by atoms with Gasteiger partial charge in [-0.15, -0.1) is 0 Å². The number of non-ortho nitro benzene ring substituents is 1. The third-order valence-electron chi connectivity index (χ3n) is 2.66. The van der Waals surface area contributed by atoms with E-state index in [0.717, 1.165) is 19.4 Å². The second-order valence-corrected chi connectivity index (χ2v) is 3.65. The van der Waals surface area contributed by atoms with Crippen LogP contribution in [0.3, 0.4) is 0 Å². The van der Waals surface area contributed by atoms with Gasteiger partial charge in [0.25, 0.3) is 5.69 Å². The van der Waals surface area contributed by atoms with Gasteiger partial charge in [-0.2, -0.15) is 0 Å². The van der Waals surface area contributed by atoms with Gasteiger partial charge in [-0.3, -0.25) is 10.1 Å². The largest absolute Gasteiger partial charge is 0.508 e. The number of rotatable bonds is 2. The van der Waals surface area contributed by atoms with Crippen LogP contribution in [0.4, 0.5) is 5.69 Å². The van der Waals surface area contributed by atoms with Crippen molar-refractivity contribution in [1.82, 2.24) is 5.32 Å². The lowest BCUT2D eigenvalue weighted by Gasteiger charge is -2.11. The highest BCUT2D eigenvalue weighted by Gasteiger charge is 2.21. The zero-order valence-electron chi connectivity index (χ0n) is 8.14. The van der Waals surface area contributed by atoms with E-state index in [2.05, 4.69) is 5.32 Å². The number of nitro benzene ring substituents is 1. The maximum atomic E-state index is 10.6. The number of nitrogens with one attached hydrogen (secondary N) is 1. The minimum absolute atomic E-state index is 0.0245. The van der Waals surface area contributed by atoms with E-state index in [-0.39, 0.29) is 17.5 Å². The molecular weight excluding hydrogens is 196 g/mol. The van der Waals surface area contributed by atoms with Gasteiger partial charge in [0.15, 0.2) is 0 Å². The van der Waals surface area contributed by atoms with Crippen LogP contribution in [0, 0.1) is 10.1 Å². The van der Waals surface area contributed by atoms with Gasteiger partial charge in [0.1, 0.15) is 5.75 Å². The summed E-state index contributed by atoms with van der Waals surface area (Å²) in [5.41, 5.74) is 0.651. The van der Waals surface area contributed by atoms with Crippen molar-refractivity contribution in [3.8, 4) is 5.75 Å². The molecule has 0 aliphatic carbocycles. The third kappa shape index (κ3) is 1.92. The van der Waals surface area contributed by atoms with Crippen molar-refractivity contribution in [2.75, 3.05) is 6.54 Å². The highest BCUT2D eigenvalue weighted by molar-refractivity contribution is 5.44. The van der Waals surface area contributed by atoms with Gasteiger partial charge in [0, 0.05) is 23.7 Å². The summed E-state index contributed by atoms with van der Waals surface area (Å²) in [4.78, 5) is 10.1. The lowest BCUT2D eigenvalue weighted by Crippen LogP contribution is -2.13. The number of nitro groups is 1. The van der Waals surface area contributed by atoms with Crippen LogP contribution in [0.2, 0.25) is 0 Å². The molecule has 0 amide bonds. The number of aromatic hydroxyl groups is 1. The van der Waals surface area contributed by atoms with Gasteiger partial charge in [-0.25, -0.2) is 0 Å². The molecule has 0 spiro atoms. The monoisotopic (exact) mass is 208 g/mol. The van der Waals surface area contributed by atoms with E-state index >= 15 is 0 Å². The van der Waals surface area contributed by atoms with Gasteiger partial charge in [0.2, 0.25) is 0 Å². The average Bonchev–Trinajstić information content (AvgIpc) is 2.71. The summed E-state index contributed by atoms with van der Waals surface area (Å²) < 4.78 is 0. The molecule has 1 atom stereocenters. The Morgan fingerprint density at radius 1 is 1.53 bits per heavy atom. The summed E-state index contributed by atoms with van der Waals surface area (Å²) in [7, 11) is 0. The molecule has 0 bridgehead atoms. The van der Waals surface area contributed by atoms with E-state index in [9.17, 15) is 15.2 Å². The van der Waals surface area contributed by atoms with Crippen molar-refractivity contribution >= 4 is 5.69 Å². The van der Waals surface area contributed by atoms with Gasteiger partial charge in [-0.05, 0) is 25.5 Å². The van der Waals surface area contributed by atoms with Crippen LogP contribution < -0.4 is 5.32 Å². The fourth-order valence-electron chi connectivity index (χ4n) is 1.88. The topological polar surface area (TPSA) is 75.4 Å². The smallest absolute Gasteiger partial charge is 0.270 e. The fraction of sp³-hybridized carbons (Fsp3) is 0.400. The Morgan fingerprint density at radius 3 is 2.93 bits per heavy atom. The Hall–Kier alpha value is -1.62. The zero-order valence-corrected chi connectivity index (χ0v) is 8.14. The predicted octanol–water partition coefficient (Wildman–Crippen LogP) is 1.72. The van der Waals surface area contributed by atoms with Crippen LogP contribution in [0.15, 0.2) is 18.2 Å². The number of phenols is 1. The van der Waals surface area contributed by atoms with Crippen molar-refractivity contribution in [2.24, 2.45) is 0 Å². The van der Waals surface area contributed by atoms with E-state index in [0.29, 0.717) is 5.56 Å². The number of nitrogens with zero attached hydrogens (tertiary/aromatic N) is 1. The number of phenolic OH excluding ortho intramolecular Hbond substituents is 1. The van der Waals surface area contributed by atoms with Crippen molar-refractivity contribution in [3.63, 3.8) is 0 Å². The minimum atomic E-state index is -0.447. The van der Waals surface area contributed by atoms with Crippen LogP contribution in [0.25, 0.3) is 0 Å². The summed E-state index contributed by atoms with van der Waals surface area (Å²) in [5.74, 6) is 0.125. The third-order valence-corrected chi connectivity index (χ3v) is 2.66. The summed E-state index contributed by atoms with van der Waals surface area (Å²) in [5, 5.41) is 23.4. The molecule has 5 nitrogen and oxygen atoms in total. The number of hydrogen-bond donors (Lipinski definition) is 2. The van der Waals surface area contributed by atoms with Gasteiger partial charge in [0.05, 0.1) is 4.92 Å². The number of hydrogen-bond acceptors (Lipinski definition) is 4. The molecule has 2 N–H and O–H groups in total. The molecular formula is C10H12N2O3. The molecule has 1 fully saturated rings. The normalized spacial score (nSPS) is 20.4. The second kappa shape index (κ2) is 3.86. The van der Waals surface area contributed by atoms with E-state index in [4.69, 9.17) is 0 Å². The molecule has 0 radical (unpaired) electrons. The van der Waals surface area contributed by atoms with Crippen LogP contribution in [-0.4, -0.2) is 16.6 Å². The van der Waals surface area contributed by atoms with Gasteiger partial charge in [-0.1, -0.05) is 0 Å². The molecule has 1 aliphatic rings. The number of benzene rings is 1. The Kier molecular flexibility index (Phi) is 2.55. The summed E-state index contributed by atoms with van der Waals surface area (Å²) in [6.07, 6.45) is 1.95. The molecule has 1 aromatic carbocycles. The average molecular weight is 208 g/mol. The summed E-state index contributed by atoms with van der Waals surface area (Å²) in [6, 6.07) is 4.18. The lowest BCUT2D eigenvalue weighted by molar-refractivity contribution is -0.385. The first-order valence-corrected chi connectivity index (χ1v) is 4.89. The molecule has 1 aliphatic heterocycles. The maximum Gasteiger partial charge on any atom is 0.270 e. The van der Waals surface area contributed by atoms with E-state index < -0.39 is 4.92 Å². The van der Waals surface area contributed by atoms with Crippen molar-refractivity contribution < 1.29 is 10.0 Å². The van der Waals surface area contributed by atoms with Crippen molar-refractivity contribution in [3.05, 3.63) is 33.9 Å². The van der Waals surface area contributed by atoms with Crippen LogP contribution in [-0.2, 0) is 0 Å². The van der Waals surface area contributed by atoms with Crippen LogP contribution in [0.1, 0.15) is 24.4 Å². The predicted molar refractivity (Wildman–Crippen MR) is 54.7 cm³/mol. The Labute approximate surface area is 86.9 Å². The molecule has 80 valence electrons. The molecule has 1 heterocycles. The Bertz CT molecular complexity index is 386. The summed E-state index contributed by atoms with van der Waals surface area (Å²) >= 11 is 0. The molecule has 2 rings (SSSR count). The SMILES string of the molecule is O=[N+]([O-])c1ccc(O)c([C@H]2CCCN2)c1. The maximum absolute atomic E-state index is 10.6. The van der Waals surface area contributed by atoms with Crippen molar-refractivity contribution in [1.29, 1.82) is 0 Å². The van der Waals surface area contributed by atoms with Crippen molar-refractivity contribution in [2.45, 2.75) is 18.9 Å². The molecule has 1 aromatic rings. The second-order valence-electron chi connectivity index (χ2n) is 3.65. The highest BCUT2D eigenvalue weighted by atomic mass is 16.6. The van der Waals surface area contributed by atoms with Crippen LogP contribution in [0.5, 0.6) is 5.75 Å². The van der Waals surface area contributed by atoms with E-state index in [1.165, 1.54) is 18.2 Å². The molecule has 1 saturated heterocycles. The molecule has 0 saturated carbocycles. The fourth-order valence-corrected chi connectivity index (χ4v) is 1.88. The molecule has 0 aromatic heterocycles. The Morgan fingerprint density at radius 2 is 2.33 bits per heavy atom. The first kappa shape index (κ1) is 9.92. The zero-order chi connectivity index (χ0) is 10.8. The lowest BCUT2D eigenvalue weighted by atomic mass is 10.0.